The molecule has 2 rings (SSSR count). The van der Waals surface area contributed by atoms with Gasteiger partial charge in [0, 0.05) is 11.1 Å². The van der Waals surface area contributed by atoms with Gasteiger partial charge >= 0.3 is 0 Å². The van der Waals surface area contributed by atoms with E-state index in [2.05, 4.69) is 5.32 Å². The minimum absolute atomic E-state index is 0.0612. The third kappa shape index (κ3) is 3.35. The molecule has 2 N–H and O–H groups in total. The lowest BCUT2D eigenvalue weighted by molar-refractivity contribution is 0.0514. The molecule has 0 radical (unpaired) electrons. The highest BCUT2D eigenvalue weighted by molar-refractivity contribution is 5.94. The maximum atomic E-state index is 12.1. The summed E-state index contributed by atoms with van der Waals surface area (Å²) in [6.45, 7) is 5.27. The van der Waals surface area contributed by atoms with E-state index in [0.717, 1.165) is 0 Å². The van der Waals surface area contributed by atoms with Gasteiger partial charge in [0.15, 0.2) is 0 Å². The molecule has 2 aromatic rings. The van der Waals surface area contributed by atoms with Crippen molar-refractivity contribution in [1.29, 1.82) is 5.26 Å². The second kappa shape index (κ2) is 6.04. The van der Waals surface area contributed by atoms with E-state index in [-0.39, 0.29) is 12.5 Å². The first-order valence-corrected chi connectivity index (χ1v) is 6.92. The molecule has 0 aliphatic rings. The van der Waals surface area contributed by atoms with Crippen LogP contribution in [0.2, 0.25) is 0 Å². The number of carbonyl (C=O) groups excluding carboxylic acids is 1. The van der Waals surface area contributed by atoms with Crippen LogP contribution in [-0.2, 0) is 5.60 Å². The Morgan fingerprint density at radius 1 is 1.36 bits per heavy atom. The zero-order valence-corrected chi connectivity index (χ0v) is 12.8. The molecule has 0 aliphatic heterocycles. The summed E-state index contributed by atoms with van der Waals surface area (Å²) in [4.78, 5) is 12.1. The number of nitrogens with one attached hydrogen (secondary N) is 1. The molecule has 1 atom stereocenters. The zero-order valence-electron chi connectivity index (χ0n) is 12.8. The van der Waals surface area contributed by atoms with Gasteiger partial charge in [-0.25, -0.2) is 0 Å². The van der Waals surface area contributed by atoms with E-state index >= 15 is 0 Å². The van der Waals surface area contributed by atoms with E-state index in [0.29, 0.717) is 28.2 Å². The van der Waals surface area contributed by atoms with Crippen molar-refractivity contribution >= 4 is 5.91 Å². The lowest BCUT2D eigenvalue weighted by Gasteiger charge is -2.23. The molecule has 0 saturated heterocycles. The average Bonchev–Trinajstić information content (AvgIpc) is 2.84. The van der Waals surface area contributed by atoms with Crippen LogP contribution in [0.25, 0.3) is 0 Å². The number of rotatable bonds is 4. The van der Waals surface area contributed by atoms with Crippen LogP contribution >= 0.6 is 0 Å². The second-order valence-electron chi connectivity index (χ2n) is 5.47. The monoisotopic (exact) mass is 298 g/mol. The van der Waals surface area contributed by atoms with Gasteiger partial charge < -0.3 is 14.8 Å². The molecule has 5 nitrogen and oxygen atoms in total. The predicted octanol–water partition coefficient (Wildman–Crippen LogP) is 2.41. The Labute approximate surface area is 129 Å². The van der Waals surface area contributed by atoms with Crippen molar-refractivity contribution in [2.45, 2.75) is 26.4 Å². The highest BCUT2D eigenvalue weighted by atomic mass is 16.3. The third-order valence-electron chi connectivity index (χ3n) is 3.49. The van der Waals surface area contributed by atoms with Crippen LogP contribution in [0.4, 0.5) is 0 Å². The van der Waals surface area contributed by atoms with E-state index in [1.165, 1.54) is 0 Å². The number of aliphatic hydroxyl groups is 1. The number of aryl methyl sites for hydroxylation is 2. The van der Waals surface area contributed by atoms with Gasteiger partial charge in [0.05, 0.1) is 18.2 Å². The average molecular weight is 298 g/mol. The first-order valence-electron chi connectivity index (χ1n) is 6.92. The minimum Gasteiger partial charge on any atom is -0.466 e. The predicted molar refractivity (Wildman–Crippen MR) is 81.2 cm³/mol. The fourth-order valence-electron chi connectivity index (χ4n) is 2.31. The van der Waals surface area contributed by atoms with Crippen molar-refractivity contribution in [3.05, 3.63) is 58.5 Å². The maximum Gasteiger partial charge on any atom is 0.251 e. The smallest absolute Gasteiger partial charge is 0.251 e. The molecule has 0 aliphatic carbocycles. The number of amides is 1. The van der Waals surface area contributed by atoms with Crippen LogP contribution in [0.3, 0.4) is 0 Å². The number of carbonyl (C=O) groups is 1. The maximum absolute atomic E-state index is 12.1. The van der Waals surface area contributed by atoms with Crippen LogP contribution in [0, 0.1) is 25.2 Å². The van der Waals surface area contributed by atoms with Gasteiger partial charge in [0.25, 0.3) is 5.91 Å². The molecule has 22 heavy (non-hydrogen) atoms. The highest BCUT2D eigenvalue weighted by Gasteiger charge is 2.28. The van der Waals surface area contributed by atoms with Gasteiger partial charge in [-0.1, -0.05) is 0 Å². The van der Waals surface area contributed by atoms with Crippen molar-refractivity contribution in [1.82, 2.24) is 5.32 Å². The van der Waals surface area contributed by atoms with Crippen LogP contribution in [0.15, 0.2) is 34.7 Å². The Hall–Kier alpha value is -2.58. The normalized spacial score (nSPS) is 13.2. The largest absolute Gasteiger partial charge is 0.466 e. The second-order valence-corrected chi connectivity index (χ2v) is 5.47. The summed E-state index contributed by atoms with van der Waals surface area (Å²) in [6, 6.07) is 10.1. The number of hydrogen-bond donors (Lipinski definition) is 2. The fraction of sp³-hybridized carbons (Fsp3) is 0.294. The van der Waals surface area contributed by atoms with E-state index in [1.54, 1.807) is 44.2 Å². The molecular weight excluding hydrogens is 280 g/mol. The molecule has 0 fully saturated rings. The van der Waals surface area contributed by atoms with Gasteiger partial charge in [0.1, 0.15) is 17.1 Å². The van der Waals surface area contributed by atoms with Gasteiger partial charge in [-0.3, -0.25) is 4.79 Å². The van der Waals surface area contributed by atoms with Crippen LogP contribution in [0.1, 0.15) is 39.9 Å². The number of nitrogens with zero attached hydrogens (tertiary/aromatic N) is 1. The van der Waals surface area contributed by atoms with Gasteiger partial charge in [-0.15, -0.1) is 0 Å². The summed E-state index contributed by atoms with van der Waals surface area (Å²) in [5.41, 5.74) is 0.373. The zero-order chi connectivity index (χ0) is 16.3. The summed E-state index contributed by atoms with van der Waals surface area (Å²) < 4.78 is 5.41. The molecule has 1 aromatic heterocycles. The highest BCUT2D eigenvalue weighted by Crippen LogP contribution is 2.26. The van der Waals surface area contributed by atoms with E-state index in [4.69, 9.17) is 9.68 Å². The molecule has 1 heterocycles. The third-order valence-corrected chi connectivity index (χ3v) is 3.49. The topological polar surface area (TPSA) is 86.3 Å². The Morgan fingerprint density at radius 2 is 2.00 bits per heavy atom. The Balaban J connectivity index is 2.06. The van der Waals surface area contributed by atoms with Crippen molar-refractivity contribution in [2.24, 2.45) is 0 Å². The molecule has 1 unspecified atom stereocenters. The fourth-order valence-corrected chi connectivity index (χ4v) is 2.31. The van der Waals surface area contributed by atoms with Gasteiger partial charge in [-0.05, 0) is 51.1 Å². The van der Waals surface area contributed by atoms with Crippen molar-refractivity contribution in [3.63, 3.8) is 0 Å². The van der Waals surface area contributed by atoms with Gasteiger partial charge in [0.2, 0.25) is 0 Å². The summed E-state index contributed by atoms with van der Waals surface area (Å²) in [5.74, 6) is 1.05. The summed E-state index contributed by atoms with van der Waals surface area (Å²) in [5, 5.41) is 22.0. The first-order chi connectivity index (χ1) is 10.3. The molecule has 1 amide bonds. The van der Waals surface area contributed by atoms with E-state index in [9.17, 15) is 9.90 Å². The molecule has 114 valence electrons. The molecule has 0 spiro atoms. The Morgan fingerprint density at radius 3 is 2.50 bits per heavy atom. The summed E-state index contributed by atoms with van der Waals surface area (Å²) >= 11 is 0. The molecular formula is C17H18N2O3. The van der Waals surface area contributed by atoms with Crippen LogP contribution in [-0.4, -0.2) is 17.6 Å². The molecule has 1 aromatic carbocycles. The molecule has 5 heteroatoms. The van der Waals surface area contributed by atoms with E-state index in [1.807, 2.05) is 13.0 Å². The standard InChI is InChI=1S/C17H18N2O3/c1-11-8-15(12(2)22-11)17(3,21)10-19-16(20)14-6-4-13(9-18)5-7-14/h4-8,21H,10H2,1-3H3,(H,19,20). The lowest BCUT2D eigenvalue weighted by Crippen LogP contribution is -2.38. The number of benzene rings is 1. The Bertz CT molecular complexity index is 721. The van der Waals surface area contributed by atoms with E-state index < -0.39 is 5.60 Å². The minimum atomic E-state index is -1.22. The van der Waals surface area contributed by atoms with Crippen molar-refractivity contribution in [3.8, 4) is 6.07 Å². The quantitative estimate of drug-likeness (QED) is 0.907. The van der Waals surface area contributed by atoms with Crippen LogP contribution in [0.5, 0.6) is 0 Å². The number of furan rings is 1. The molecule has 0 saturated carbocycles. The van der Waals surface area contributed by atoms with Gasteiger partial charge in [-0.2, -0.15) is 5.26 Å². The summed E-state index contributed by atoms with van der Waals surface area (Å²) in [7, 11) is 0. The van der Waals surface area contributed by atoms with Crippen molar-refractivity contribution in [2.75, 3.05) is 6.54 Å². The van der Waals surface area contributed by atoms with Crippen molar-refractivity contribution < 1.29 is 14.3 Å². The Kier molecular flexibility index (Phi) is 4.34. The lowest BCUT2D eigenvalue weighted by atomic mass is 9.96. The number of hydrogen-bond acceptors (Lipinski definition) is 4. The first kappa shape index (κ1) is 15.8. The molecule has 0 bridgehead atoms. The van der Waals surface area contributed by atoms with Crippen LogP contribution < -0.4 is 5.32 Å². The summed E-state index contributed by atoms with van der Waals surface area (Å²) in [6.07, 6.45) is 0. The number of nitriles is 1. The SMILES string of the molecule is Cc1cc(C(C)(O)CNC(=O)c2ccc(C#N)cc2)c(C)o1.